The smallest absolute Gasteiger partial charge is 0.0948 e. The molecular formula is C16H23N3OS. The summed E-state index contributed by atoms with van der Waals surface area (Å²) in [5.41, 5.74) is 2.58. The molecule has 1 N–H and O–H groups in total. The molecule has 2 rings (SSSR count). The number of thioether (sulfide) groups is 1. The Morgan fingerprint density at radius 2 is 2.29 bits per heavy atom. The van der Waals surface area contributed by atoms with E-state index < -0.39 is 0 Å². The van der Waals surface area contributed by atoms with Crippen LogP contribution >= 0.6 is 11.8 Å². The van der Waals surface area contributed by atoms with Gasteiger partial charge in [-0.15, -0.1) is 11.8 Å². The molecule has 1 aromatic carbocycles. The van der Waals surface area contributed by atoms with Crippen molar-refractivity contribution in [2.75, 3.05) is 20.3 Å². The molecule has 0 radical (unpaired) electrons. The van der Waals surface area contributed by atoms with Gasteiger partial charge in [-0.2, -0.15) is 0 Å². The van der Waals surface area contributed by atoms with Crippen LogP contribution in [0.4, 0.5) is 0 Å². The van der Waals surface area contributed by atoms with Crippen LogP contribution in [0.15, 0.2) is 41.7 Å². The highest BCUT2D eigenvalue weighted by Gasteiger charge is 2.02. The molecule has 0 fully saturated rings. The van der Waals surface area contributed by atoms with Gasteiger partial charge in [0.25, 0.3) is 0 Å². The standard InChI is InChI=1S/C16H23N3OS/c1-3-19-13-18-11-15(19)12-21-16-6-4-5-14(9-16)10-17-7-8-20-2/h4-6,9,11,13,17H,3,7-8,10,12H2,1-2H3. The first-order valence-electron chi connectivity index (χ1n) is 7.24. The first-order valence-corrected chi connectivity index (χ1v) is 8.22. The largest absolute Gasteiger partial charge is 0.383 e. The van der Waals surface area contributed by atoms with E-state index in [4.69, 9.17) is 4.74 Å². The Balaban J connectivity index is 1.86. The van der Waals surface area contributed by atoms with E-state index in [0.29, 0.717) is 0 Å². The second kappa shape index (κ2) is 8.87. The van der Waals surface area contributed by atoms with Gasteiger partial charge in [-0.3, -0.25) is 0 Å². The van der Waals surface area contributed by atoms with Gasteiger partial charge in [0.2, 0.25) is 0 Å². The van der Waals surface area contributed by atoms with Crippen molar-refractivity contribution in [2.45, 2.75) is 30.7 Å². The predicted octanol–water partition coefficient (Wildman–Crippen LogP) is 2.93. The van der Waals surface area contributed by atoms with E-state index in [1.165, 1.54) is 16.2 Å². The molecule has 0 atom stereocenters. The van der Waals surface area contributed by atoms with E-state index in [9.17, 15) is 0 Å². The topological polar surface area (TPSA) is 39.1 Å². The molecule has 0 saturated carbocycles. The van der Waals surface area contributed by atoms with Crippen molar-refractivity contribution >= 4 is 11.8 Å². The minimum atomic E-state index is 0.745. The molecule has 0 spiro atoms. The number of hydrogen-bond acceptors (Lipinski definition) is 4. The summed E-state index contributed by atoms with van der Waals surface area (Å²) in [5, 5.41) is 3.37. The van der Waals surface area contributed by atoms with Gasteiger partial charge in [-0.25, -0.2) is 4.98 Å². The van der Waals surface area contributed by atoms with Crippen LogP contribution in [0, 0.1) is 0 Å². The third-order valence-electron chi connectivity index (χ3n) is 3.24. The van der Waals surface area contributed by atoms with Crippen molar-refractivity contribution in [3.63, 3.8) is 0 Å². The van der Waals surface area contributed by atoms with Gasteiger partial charge in [-0.1, -0.05) is 12.1 Å². The quantitative estimate of drug-likeness (QED) is 0.571. The molecule has 1 aromatic heterocycles. The average molecular weight is 305 g/mol. The number of nitrogens with zero attached hydrogens (tertiary/aromatic N) is 2. The first kappa shape index (κ1) is 16.1. The SMILES string of the molecule is CCn1cncc1CSc1cccc(CNCCOC)c1. The van der Waals surface area contributed by atoms with Gasteiger partial charge in [0.15, 0.2) is 0 Å². The van der Waals surface area contributed by atoms with Crippen molar-refractivity contribution in [2.24, 2.45) is 0 Å². The lowest BCUT2D eigenvalue weighted by Gasteiger charge is -2.08. The summed E-state index contributed by atoms with van der Waals surface area (Å²) < 4.78 is 7.21. The van der Waals surface area contributed by atoms with Gasteiger partial charge in [0, 0.05) is 49.3 Å². The fourth-order valence-corrected chi connectivity index (χ4v) is 3.03. The molecule has 21 heavy (non-hydrogen) atoms. The van der Waals surface area contributed by atoms with Crippen molar-refractivity contribution in [1.29, 1.82) is 0 Å². The van der Waals surface area contributed by atoms with Crippen LogP contribution in [-0.2, 0) is 23.6 Å². The highest BCUT2D eigenvalue weighted by Crippen LogP contribution is 2.23. The summed E-state index contributed by atoms with van der Waals surface area (Å²) in [7, 11) is 1.72. The van der Waals surface area contributed by atoms with E-state index in [-0.39, 0.29) is 0 Å². The number of methoxy groups -OCH3 is 1. The second-order valence-electron chi connectivity index (χ2n) is 4.78. The third-order valence-corrected chi connectivity index (χ3v) is 4.26. The Bertz CT molecular complexity index is 542. The first-order chi connectivity index (χ1) is 10.3. The zero-order valence-corrected chi connectivity index (χ0v) is 13.5. The molecule has 0 unspecified atom stereocenters. The third kappa shape index (κ3) is 5.19. The Hall–Kier alpha value is -1.30. The molecule has 0 aliphatic carbocycles. The van der Waals surface area contributed by atoms with E-state index in [1.54, 1.807) is 7.11 Å². The van der Waals surface area contributed by atoms with Crippen molar-refractivity contribution in [1.82, 2.24) is 14.9 Å². The van der Waals surface area contributed by atoms with Crippen LogP contribution in [-0.4, -0.2) is 29.8 Å². The molecule has 0 aliphatic heterocycles. The van der Waals surface area contributed by atoms with Gasteiger partial charge >= 0.3 is 0 Å². The van der Waals surface area contributed by atoms with Crippen LogP contribution in [0.2, 0.25) is 0 Å². The highest BCUT2D eigenvalue weighted by molar-refractivity contribution is 7.98. The Morgan fingerprint density at radius 1 is 1.38 bits per heavy atom. The van der Waals surface area contributed by atoms with Gasteiger partial charge in [0.05, 0.1) is 12.9 Å². The van der Waals surface area contributed by atoms with E-state index >= 15 is 0 Å². The second-order valence-corrected chi connectivity index (χ2v) is 5.83. The van der Waals surface area contributed by atoms with Crippen LogP contribution in [0.1, 0.15) is 18.2 Å². The number of aromatic nitrogens is 2. The van der Waals surface area contributed by atoms with Gasteiger partial charge < -0.3 is 14.6 Å². The normalized spacial score (nSPS) is 11.0. The number of aryl methyl sites for hydroxylation is 1. The molecule has 0 bridgehead atoms. The van der Waals surface area contributed by atoms with Crippen molar-refractivity contribution < 1.29 is 4.74 Å². The lowest BCUT2D eigenvalue weighted by atomic mass is 10.2. The molecule has 0 saturated heterocycles. The molecule has 5 heteroatoms. The number of imidazole rings is 1. The molecule has 4 nitrogen and oxygen atoms in total. The molecule has 0 amide bonds. The Labute approximate surface area is 130 Å². The van der Waals surface area contributed by atoms with Gasteiger partial charge in [-0.05, 0) is 24.6 Å². The average Bonchev–Trinajstić information content (AvgIpc) is 2.97. The van der Waals surface area contributed by atoms with Gasteiger partial charge in [0.1, 0.15) is 0 Å². The maximum absolute atomic E-state index is 5.03. The Morgan fingerprint density at radius 3 is 3.10 bits per heavy atom. The lowest BCUT2D eigenvalue weighted by molar-refractivity contribution is 0.199. The van der Waals surface area contributed by atoms with E-state index in [2.05, 4.69) is 46.1 Å². The van der Waals surface area contributed by atoms with Crippen LogP contribution in [0.3, 0.4) is 0 Å². The van der Waals surface area contributed by atoms with Crippen LogP contribution in [0.25, 0.3) is 0 Å². The summed E-state index contributed by atoms with van der Waals surface area (Å²) in [6, 6.07) is 8.68. The molecule has 0 aliphatic rings. The van der Waals surface area contributed by atoms with Crippen molar-refractivity contribution in [3.8, 4) is 0 Å². The van der Waals surface area contributed by atoms with Crippen LogP contribution in [0.5, 0.6) is 0 Å². The van der Waals surface area contributed by atoms with Crippen molar-refractivity contribution in [3.05, 3.63) is 48.0 Å². The number of nitrogens with one attached hydrogen (secondary N) is 1. The number of hydrogen-bond donors (Lipinski definition) is 1. The predicted molar refractivity (Wildman–Crippen MR) is 87.5 cm³/mol. The fourth-order valence-electron chi connectivity index (χ4n) is 2.06. The number of ether oxygens (including phenoxy) is 1. The van der Waals surface area contributed by atoms with E-state index in [0.717, 1.165) is 32.0 Å². The highest BCUT2D eigenvalue weighted by atomic mass is 32.2. The molecule has 1 heterocycles. The Kier molecular flexibility index (Phi) is 6.79. The number of rotatable bonds is 9. The monoisotopic (exact) mass is 305 g/mol. The molecule has 114 valence electrons. The summed E-state index contributed by atoms with van der Waals surface area (Å²) >= 11 is 1.85. The lowest BCUT2D eigenvalue weighted by Crippen LogP contribution is -2.18. The summed E-state index contributed by atoms with van der Waals surface area (Å²) in [6.45, 7) is 5.62. The van der Waals surface area contributed by atoms with Crippen LogP contribution < -0.4 is 5.32 Å². The summed E-state index contributed by atoms with van der Waals surface area (Å²) in [6.07, 6.45) is 3.85. The maximum Gasteiger partial charge on any atom is 0.0948 e. The maximum atomic E-state index is 5.03. The minimum absolute atomic E-state index is 0.745. The van der Waals surface area contributed by atoms with E-state index in [1.807, 2.05) is 24.3 Å². The fraction of sp³-hybridized carbons (Fsp3) is 0.438. The minimum Gasteiger partial charge on any atom is -0.383 e. The number of benzene rings is 1. The summed E-state index contributed by atoms with van der Waals surface area (Å²) in [5.74, 6) is 0.953. The molecule has 2 aromatic rings. The molecular weight excluding hydrogens is 282 g/mol. The summed E-state index contributed by atoms with van der Waals surface area (Å²) in [4.78, 5) is 5.50. The zero-order chi connectivity index (χ0) is 14.9. The zero-order valence-electron chi connectivity index (χ0n) is 12.7.